The Bertz CT molecular complexity index is 379. The molecule has 1 heterocycles. The van der Waals surface area contributed by atoms with Gasteiger partial charge in [0, 0.05) is 31.4 Å². The smallest absolute Gasteiger partial charge is 0.0543 e. The van der Waals surface area contributed by atoms with Crippen molar-refractivity contribution in [3.05, 3.63) is 30.1 Å². The molecule has 0 amide bonds. The van der Waals surface area contributed by atoms with Gasteiger partial charge in [0.05, 0.1) is 5.69 Å². The Hall–Kier alpha value is -0.930. The van der Waals surface area contributed by atoms with Crippen LogP contribution in [0.2, 0.25) is 0 Å². The molecule has 0 saturated heterocycles. The van der Waals surface area contributed by atoms with Gasteiger partial charge in [0.1, 0.15) is 0 Å². The van der Waals surface area contributed by atoms with Crippen LogP contribution in [0.4, 0.5) is 0 Å². The summed E-state index contributed by atoms with van der Waals surface area (Å²) in [5, 5.41) is 3.61. The van der Waals surface area contributed by atoms with Gasteiger partial charge in [0.25, 0.3) is 0 Å². The molecule has 1 aromatic heterocycles. The van der Waals surface area contributed by atoms with Crippen LogP contribution in [0.15, 0.2) is 24.4 Å². The van der Waals surface area contributed by atoms with E-state index in [9.17, 15) is 0 Å². The predicted octanol–water partition coefficient (Wildman–Crippen LogP) is 3.32. The summed E-state index contributed by atoms with van der Waals surface area (Å²) in [5.74, 6) is 0. The summed E-state index contributed by atoms with van der Waals surface area (Å²) in [5.41, 5.74) is 1.57. The van der Waals surface area contributed by atoms with Crippen molar-refractivity contribution in [3.63, 3.8) is 0 Å². The lowest BCUT2D eigenvalue weighted by atomic mass is 9.91. The summed E-state index contributed by atoms with van der Waals surface area (Å²) in [6.45, 7) is 17.6. The van der Waals surface area contributed by atoms with E-state index in [1.54, 1.807) is 0 Å². The van der Waals surface area contributed by atoms with Crippen molar-refractivity contribution in [1.82, 2.24) is 15.2 Å². The topological polar surface area (TPSA) is 28.2 Å². The first-order chi connectivity index (χ1) is 9.22. The maximum Gasteiger partial charge on any atom is 0.0543 e. The summed E-state index contributed by atoms with van der Waals surface area (Å²) in [6.07, 6.45) is 1.87. The first-order valence-electron chi connectivity index (χ1n) is 7.59. The van der Waals surface area contributed by atoms with Crippen LogP contribution in [-0.2, 0) is 6.54 Å². The molecule has 0 fully saturated rings. The van der Waals surface area contributed by atoms with Crippen LogP contribution < -0.4 is 5.32 Å². The normalized spacial score (nSPS) is 12.9. The molecule has 0 radical (unpaired) electrons. The van der Waals surface area contributed by atoms with Crippen LogP contribution in [0.1, 0.15) is 47.2 Å². The molecule has 0 spiro atoms. The van der Waals surface area contributed by atoms with Crippen LogP contribution in [0, 0.1) is 5.41 Å². The lowest BCUT2D eigenvalue weighted by Gasteiger charge is -2.35. The fourth-order valence-corrected chi connectivity index (χ4v) is 2.17. The van der Waals surface area contributed by atoms with E-state index in [0.717, 1.165) is 31.9 Å². The monoisotopic (exact) mass is 277 g/mol. The van der Waals surface area contributed by atoms with Gasteiger partial charge in [-0.25, -0.2) is 0 Å². The molecule has 0 aliphatic heterocycles. The third-order valence-corrected chi connectivity index (χ3v) is 3.31. The minimum atomic E-state index is 0.176. The van der Waals surface area contributed by atoms with Crippen molar-refractivity contribution >= 4 is 0 Å². The maximum atomic E-state index is 4.42. The molecule has 0 aliphatic carbocycles. The molecule has 0 unspecified atom stereocenters. The van der Waals surface area contributed by atoms with E-state index in [2.05, 4.69) is 68.9 Å². The number of nitrogens with one attached hydrogen (secondary N) is 1. The Labute approximate surface area is 124 Å². The Balaban J connectivity index is 2.54. The second kappa shape index (κ2) is 7.19. The molecular formula is C17H31N3. The summed E-state index contributed by atoms with van der Waals surface area (Å²) >= 11 is 0. The zero-order valence-electron chi connectivity index (χ0n) is 14.0. The molecule has 0 saturated carbocycles. The predicted molar refractivity (Wildman–Crippen MR) is 86.7 cm³/mol. The van der Waals surface area contributed by atoms with Gasteiger partial charge in [-0.2, -0.15) is 0 Å². The fraction of sp³-hybridized carbons (Fsp3) is 0.706. The molecule has 0 atom stereocenters. The lowest BCUT2D eigenvalue weighted by molar-refractivity contribution is 0.164. The van der Waals surface area contributed by atoms with Crippen molar-refractivity contribution in [2.45, 2.75) is 53.6 Å². The van der Waals surface area contributed by atoms with Gasteiger partial charge in [0.15, 0.2) is 0 Å². The summed E-state index contributed by atoms with van der Waals surface area (Å²) < 4.78 is 0. The highest BCUT2D eigenvalue weighted by molar-refractivity contribution is 5.03. The van der Waals surface area contributed by atoms with E-state index in [-0.39, 0.29) is 11.0 Å². The number of rotatable bonds is 7. The highest BCUT2D eigenvalue weighted by atomic mass is 15.1. The van der Waals surface area contributed by atoms with Crippen LogP contribution >= 0.6 is 0 Å². The summed E-state index contributed by atoms with van der Waals surface area (Å²) in [7, 11) is 0. The molecule has 20 heavy (non-hydrogen) atoms. The van der Waals surface area contributed by atoms with Gasteiger partial charge in [0.2, 0.25) is 0 Å². The Kier molecular flexibility index (Phi) is 6.15. The van der Waals surface area contributed by atoms with Crippen molar-refractivity contribution in [2.24, 2.45) is 5.41 Å². The average molecular weight is 277 g/mol. The van der Waals surface area contributed by atoms with Crippen molar-refractivity contribution in [2.75, 3.05) is 19.6 Å². The first kappa shape index (κ1) is 17.1. The lowest BCUT2D eigenvalue weighted by Crippen LogP contribution is -2.46. The largest absolute Gasteiger partial charge is 0.311 e. The SMILES string of the molecule is CCN(Cc1ccccn1)CC(C)(C)CNC(C)(C)C. The first-order valence-corrected chi connectivity index (χ1v) is 7.59. The van der Waals surface area contributed by atoms with Gasteiger partial charge in [-0.3, -0.25) is 9.88 Å². The Morgan fingerprint density at radius 1 is 1.15 bits per heavy atom. The molecule has 1 aromatic rings. The van der Waals surface area contributed by atoms with Crippen LogP contribution in [0.3, 0.4) is 0 Å². The van der Waals surface area contributed by atoms with Crippen molar-refractivity contribution in [3.8, 4) is 0 Å². The van der Waals surface area contributed by atoms with Crippen LogP contribution in [0.5, 0.6) is 0 Å². The van der Waals surface area contributed by atoms with Crippen LogP contribution in [-0.4, -0.2) is 35.1 Å². The minimum Gasteiger partial charge on any atom is -0.311 e. The highest BCUT2D eigenvalue weighted by Crippen LogP contribution is 2.18. The van der Waals surface area contributed by atoms with Gasteiger partial charge >= 0.3 is 0 Å². The average Bonchev–Trinajstić information content (AvgIpc) is 2.36. The number of pyridine rings is 1. The van der Waals surface area contributed by atoms with Crippen LogP contribution in [0.25, 0.3) is 0 Å². The molecule has 3 heteroatoms. The fourth-order valence-electron chi connectivity index (χ4n) is 2.17. The minimum absolute atomic E-state index is 0.176. The summed E-state index contributed by atoms with van der Waals surface area (Å²) in [4.78, 5) is 6.89. The van der Waals surface area contributed by atoms with Gasteiger partial charge < -0.3 is 5.32 Å². The maximum absolute atomic E-state index is 4.42. The van der Waals surface area contributed by atoms with Gasteiger partial charge in [-0.1, -0.05) is 26.8 Å². The Morgan fingerprint density at radius 2 is 1.85 bits per heavy atom. The molecule has 0 aliphatic rings. The van der Waals surface area contributed by atoms with Crippen molar-refractivity contribution in [1.29, 1.82) is 0 Å². The third kappa shape index (κ3) is 7.01. The number of aromatic nitrogens is 1. The van der Waals surface area contributed by atoms with E-state index >= 15 is 0 Å². The summed E-state index contributed by atoms with van der Waals surface area (Å²) in [6, 6.07) is 6.13. The molecule has 0 bridgehead atoms. The van der Waals surface area contributed by atoms with Gasteiger partial charge in [-0.05, 0) is 44.9 Å². The Morgan fingerprint density at radius 3 is 2.35 bits per heavy atom. The highest BCUT2D eigenvalue weighted by Gasteiger charge is 2.23. The second-order valence-electron chi connectivity index (χ2n) is 7.39. The zero-order valence-corrected chi connectivity index (χ0v) is 14.0. The molecule has 114 valence electrons. The zero-order chi connectivity index (χ0) is 15.2. The quantitative estimate of drug-likeness (QED) is 0.828. The van der Waals surface area contributed by atoms with Crippen molar-refractivity contribution < 1.29 is 0 Å². The molecule has 0 aromatic carbocycles. The van der Waals surface area contributed by atoms with E-state index in [1.165, 1.54) is 0 Å². The molecule has 1 rings (SSSR count). The number of hydrogen-bond donors (Lipinski definition) is 1. The molecule has 1 N–H and O–H groups in total. The number of nitrogens with zero attached hydrogens (tertiary/aromatic N) is 2. The van der Waals surface area contributed by atoms with E-state index in [1.807, 2.05) is 12.3 Å². The van der Waals surface area contributed by atoms with Gasteiger partial charge in [-0.15, -0.1) is 0 Å². The van der Waals surface area contributed by atoms with E-state index < -0.39 is 0 Å². The third-order valence-electron chi connectivity index (χ3n) is 3.31. The number of hydrogen-bond acceptors (Lipinski definition) is 3. The standard InChI is InChI=1S/C17H31N3/c1-7-20(12-15-10-8-9-11-18-15)14-17(5,6)13-19-16(2,3)4/h8-11,19H,7,12-14H2,1-6H3. The molecule has 3 nitrogen and oxygen atoms in total. The van der Waals surface area contributed by atoms with E-state index in [0.29, 0.717) is 0 Å². The molecular weight excluding hydrogens is 246 g/mol. The second-order valence-corrected chi connectivity index (χ2v) is 7.39. The van der Waals surface area contributed by atoms with E-state index in [4.69, 9.17) is 0 Å².